The van der Waals surface area contributed by atoms with E-state index in [9.17, 15) is 0 Å². The van der Waals surface area contributed by atoms with Gasteiger partial charge in [-0.15, -0.1) is 11.3 Å². The molecule has 1 atom stereocenters. The second-order valence-electron chi connectivity index (χ2n) is 5.71. The maximum Gasteiger partial charge on any atom is 0.0563 e. The first-order valence-corrected chi connectivity index (χ1v) is 8.58. The van der Waals surface area contributed by atoms with Gasteiger partial charge >= 0.3 is 0 Å². The highest BCUT2D eigenvalue weighted by Crippen LogP contribution is 2.41. The van der Waals surface area contributed by atoms with E-state index >= 15 is 0 Å². The van der Waals surface area contributed by atoms with Crippen molar-refractivity contribution in [2.24, 2.45) is 5.92 Å². The number of nitrogens with zero attached hydrogens (tertiary/aromatic N) is 1. The Kier molecular flexibility index (Phi) is 4.27. The molecule has 1 unspecified atom stereocenters. The zero-order valence-corrected chi connectivity index (χ0v) is 13.2. The number of rotatable bonds is 7. The van der Waals surface area contributed by atoms with E-state index in [1.54, 1.807) is 0 Å². The van der Waals surface area contributed by atoms with Crippen molar-refractivity contribution in [1.82, 2.24) is 9.88 Å². The topological polar surface area (TPSA) is 17.0 Å². The summed E-state index contributed by atoms with van der Waals surface area (Å²) in [5.41, 5.74) is 1.46. The molecule has 3 heteroatoms. The molecule has 0 aromatic carbocycles. The molecule has 0 spiro atoms. The Hall–Kier alpha value is -1.06. The molecule has 1 N–H and O–H groups in total. The minimum atomic E-state index is 0.566. The van der Waals surface area contributed by atoms with E-state index in [1.807, 2.05) is 11.3 Å². The molecule has 0 amide bonds. The number of nitrogens with one attached hydrogen (secondary N) is 1. The van der Waals surface area contributed by atoms with Crippen molar-refractivity contribution in [3.05, 3.63) is 45.9 Å². The Bertz CT molecular complexity index is 551. The first-order chi connectivity index (χ1) is 9.80. The van der Waals surface area contributed by atoms with Gasteiger partial charge in [0.05, 0.1) is 6.54 Å². The van der Waals surface area contributed by atoms with Gasteiger partial charge in [-0.3, -0.25) is 0 Å². The minimum Gasteiger partial charge on any atom is -0.349 e. The second-order valence-corrected chi connectivity index (χ2v) is 6.96. The van der Waals surface area contributed by atoms with E-state index in [2.05, 4.69) is 54.3 Å². The normalized spacial score (nSPS) is 16.5. The lowest BCUT2D eigenvalue weighted by atomic mass is 10.1. The molecule has 0 saturated heterocycles. The number of hydrogen-bond donors (Lipinski definition) is 1. The van der Waals surface area contributed by atoms with Crippen LogP contribution in [0.4, 0.5) is 0 Å². The summed E-state index contributed by atoms with van der Waals surface area (Å²) in [5.74, 6) is 0.860. The van der Waals surface area contributed by atoms with Gasteiger partial charge in [0.1, 0.15) is 0 Å². The highest BCUT2D eigenvalue weighted by atomic mass is 32.1. The van der Waals surface area contributed by atoms with Gasteiger partial charge in [-0.25, -0.2) is 0 Å². The molecule has 20 heavy (non-hydrogen) atoms. The highest BCUT2D eigenvalue weighted by Gasteiger charge is 2.31. The van der Waals surface area contributed by atoms with E-state index in [4.69, 9.17) is 0 Å². The van der Waals surface area contributed by atoms with Gasteiger partial charge in [0, 0.05) is 28.2 Å². The molecule has 0 bridgehead atoms. The zero-order valence-electron chi connectivity index (χ0n) is 12.4. The first kappa shape index (κ1) is 13.9. The largest absolute Gasteiger partial charge is 0.349 e. The Morgan fingerprint density at radius 3 is 2.70 bits per heavy atom. The quantitative estimate of drug-likeness (QED) is 0.807. The monoisotopic (exact) mass is 288 g/mol. The molecular weight excluding hydrogens is 264 g/mol. The number of thiophene rings is 1. The molecular formula is C17H24N2S. The number of hydrogen-bond acceptors (Lipinski definition) is 2. The summed E-state index contributed by atoms with van der Waals surface area (Å²) in [4.78, 5) is 2.94. The Labute approximate surface area is 125 Å². The van der Waals surface area contributed by atoms with Gasteiger partial charge in [0.15, 0.2) is 0 Å². The molecule has 0 aliphatic heterocycles. The van der Waals surface area contributed by atoms with Gasteiger partial charge < -0.3 is 9.88 Å². The van der Waals surface area contributed by atoms with Crippen molar-refractivity contribution >= 4 is 11.3 Å². The zero-order chi connectivity index (χ0) is 13.9. The summed E-state index contributed by atoms with van der Waals surface area (Å²) >= 11 is 1.94. The Balaban J connectivity index is 1.69. The van der Waals surface area contributed by atoms with Crippen LogP contribution >= 0.6 is 11.3 Å². The predicted molar refractivity (Wildman–Crippen MR) is 86.4 cm³/mol. The van der Waals surface area contributed by atoms with Crippen LogP contribution in [0.15, 0.2) is 30.6 Å². The molecule has 1 saturated carbocycles. The molecule has 2 heterocycles. The van der Waals surface area contributed by atoms with Crippen LogP contribution in [0.3, 0.4) is 0 Å². The third-order valence-corrected chi connectivity index (χ3v) is 5.27. The maximum absolute atomic E-state index is 3.64. The van der Waals surface area contributed by atoms with Gasteiger partial charge in [-0.2, -0.15) is 0 Å². The van der Waals surface area contributed by atoms with Crippen molar-refractivity contribution in [3.63, 3.8) is 0 Å². The number of aryl methyl sites for hydroxylation is 1. The SMILES string of the molecule is CCNC(c1ccn(Cc2ccc(CC)s2)c1)C1CC1. The lowest BCUT2D eigenvalue weighted by molar-refractivity contribution is 0.495. The Morgan fingerprint density at radius 2 is 2.05 bits per heavy atom. The minimum absolute atomic E-state index is 0.566. The van der Waals surface area contributed by atoms with Crippen LogP contribution < -0.4 is 5.32 Å². The third kappa shape index (κ3) is 3.15. The lowest BCUT2D eigenvalue weighted by Gasteiger charge is -2.15. The lowest BCUT2D eigenvalue weighted by Crippen LogP contribution is -2.22. The summed E-state index contributed by atoms with van der Waals surface area (Å²) in [7, 11) is 0. The van der Waals surface area contributed by atoms with E-state index in [0.29, 0.717) is 6.04 Å². The van der Waals surface area contributed by atoms with Crippen LogP contribution in [0, 0.1) is 5.92 Å². The molecule has 0 radical (unpaired) electrons. The average Bonchev–Trinajstić information content (AvgIpc) is 3.02. The summed E-state index contributed by atoms with van der Waals surface area (Å²) in [6, 6.07) is 7.39. The van der Waals surface area contributed by atoms with Crippen molar-refractivity contribution in [2.45, 2.75) is 45.7 Å². The molecule has 2 nitrogen and oxygen atoms in total. The van der Waals surface area contributed by atoms with Crippen molar-refractivity contribution in [1.29, 1.82) is 0 Å². The third-order valence-electron chi connectivity index (χ3n) is 4.05. The molecule has 3 rings (SSSR count). The van der Waals surface area contributed by atoms with E-state index in [1.165, 1.54) is 28.2 Å². The Morgan fingerprint density at radius 1 is 1.25 bits per heavy atom. The second kappa shape index (κ2) is 6.15. The molecule has 2 aromatic heterocycles. The van der Waals surface area contributed by atoms with Crippen LogP contribution in [0.25, 0.3) is 0 Å². The van der Waals surface area contributed by atoms with Crippen molar-refractivity contribution in [2.75, 3.05) is 6.54 Å². The van der Waals surface area contributed by atoms with Crippen molar-refractivity contribution in [3.8, 4) is 0 Å². The van der Waals surface area contributed by atoms with Gasteiger partial charge in [-0.05, 0) is 55.5 Å². The van der Waals surface area contributed by atoms with Gasteiger partial charge in [-0.1, -0.05) is 13.8 Å². The molecule has 2 aromatic rings. The van der Waals surface area contributed by atoms with Crippen LogP contribution in [-0.4, -0.2) is 11.1 Å². The average molecular weight is 288 g/mol. The van der Waals surface area contributed by atoms with E-state index in [-0.39, 0.29) is 0 Å². The summed E-state index contributed by atoms with van der Waals surface area (Å²) in [6.07, 6.45) is 8.47. The molecule has 1 fully saturated rings. The van der Waals surface area contributed by atoms with Gasteiger partial charge in [0.2, 0.25) is 0 Å². The van der Waals surface area contributed by atoms with Crippen LogP contribution in [0.5, 0.6) is 0 Å². The first-order valence-electron chi connectivity index (χ1n) is 7.76. The van der Waals surface area contributed by atoms with Crippen LogP contribution in [-0.2, 0) is 13.0 Å². The summed E-state index contributed by atoms with van der Waals surface area (Å²) in [5, 5.41) is 3.64. The van der Waals surface area contributed by atoms with Gasteiger partial charge in [0.25, 0.3) is 0 Å². The standard InChI is InChI=1S/C17H24N2S/c1-3-15-7-8-16(20-15)12-19-10-9-14(11-19)17(18-4-2)13-5-6-13/h7-11,13,17-18H,3-6,12H2,1-2H3. The van der Waals surface area contributed by atoms with Crippen molar-refractivity contribution < 1.29 is 0 Å². The smallest absolute Gasteiger partial charge is 0.0563 e. The molecule has 108 valence electrons. The molecule has 1 aliphatic carbocycles. The fourth-order valence-electron chi connectivity index (χ4n) is 2.83. The van der Waals surface area contributed by atoms with E-state index in [0.717, 1.165) is 25.4 Å². The fraction of sp³-hybridized carbons (Fsp3) is 0.529. The van der Waals surface area contributed by atoms with E-state index < -0.39 is 0 Å². The number of aromatic nitrogens is 1. The maximum atomic E-state index is 3.64. The van der Waals surface area contributed by atoms with Crippen LogP contribution in [0.1, 0.15) is 48.0 Å². The fourth-order valence-corrected chi connectivity index (χ4v) is 3.79. The van der Waals surface area contributed by atoms with Crippen LogP contribution in [0.2, 0.25) is 0 Å². The highest BCUT2D eigenvalue weighted by molar-refractivity contribution is 7.11. The molecule has 1 aliphatic rings. The summed E-state index contributed by atoms with van der Waals surface area (Å²) < 4.78 is 2.33. The summed E-state index contributed by atoms with van der Waals surface area (Å²) in [6.45, 7) is 6.48. The predicted octanol–water partition coefficient (Wildman–Crippen LogP) is 4.22.